The van der Waals surface area contributed by atoms with Gasteiger partial charge in [-0.1, -0.05) is 6.07 Å². The fourth-order valence-electron chi connectivity index (χ4n) is 1.92. The Kier molecular flexibility index (Phi) is 3.61. The van der Waals surface area contributed by atoms with Crippen molar-refractivity contribution in [2.45, 2.75) is 12.0 Å². The summed E-state index contributed by atoms with van der Waals surface area (Å²) in [5, 5.41) is 3.55. The molecule has 1 fully saturated rings. The number of hydrogen-bond donors (Lipinski definition) is 2. The van der Waals surface area contributed by atoms with E-state index in [1.807, 2.05) is 30.0 Å². The van der Waals surface area contributed by atoms with Crippen molar-refractivity contribution >= 4 is 17.4 Å². The van der Waals surface area contributed by atoms with E-state index in [2.05, 4.69) is 11.4 Å². The van der Waals surface area contributed by atoms with Crippen LogP contribution in [0.3, 0.4) is 0 Å². The smallest absolute Gasteiger partial charge is 0.120 e. The van der Waals surface area contributed by atoms with Gasteiger partial charge in [-0.25, -0.2) is 0 Å². The summed E-state index contributed by atoms with van der Waals surface area (Å²) < 4.78 is 5.21. The minimum absolute atomic E-state index is 0.0665. The predicted molar refractivity (Wildman–Crippen MR) is 70.3 cm³/mol. The lowest BCUT2D eigenvalue weighted by molar-refractivity contribution is 0.414. The van der Waals surface area contributed by atoms with Gasteiger partial charge in [-0.15, -0.1) is 0 Å². The Hall–Kier alpha value is -0.870. The highest BCUT2D eigenvalue weighted by Crippen LogP contribution is 2.31. The second kappa shape index (κ2) is 4.97. The molecule has 0 spiro atoms. The van der Waals surface area contributed by atoms with Crippen LogP contribution in [0, 0.1) is 0 Å². The second-order valence-electron chi connectivity index (χ2n) is 4.14. The molecule has 3 nitrogen and oxygen atoms in total. The molecular weight excluding hydrogens is 220 g/mol. The van der Waals surface area contributed by atoms with Crippen molar-refractivity contribution in [3.8, 4) is 5.75 Å². The predicted octanol–water partition coefficient (Wildman–Crippen LogP) is 1.94. The maximum atomic E-state index is 5.88. The van der Waals surface area contributed by atoms with E-state index in [0.717, 1.165) is 23.6 Å². The number of hydrogen-bond acceptors (Lipinski definition) is 4. The number of rotatable bonds is 4. The summed E-state index contributed by atoms with van der Waals surface area (Å²) in [6.45, 7) is 0.678. The summed E-state index contributed by atoms with van der Waals surface area (Å²) in [7, 11) is 1.68. The van der Waals surface area contributed by atoms with Crippen molar-refractivity contribution in [2.24, 2.45) is 5.73 Å². The van der Waals surface area contributed by atoms with Gasteiger partial charge >= 0.3 is 0 Å². The van der Waals surface area contributed by atoms with E-state index in [1.165, 1.54) is 5.75 Å². The molecule has 3 N–H and O–H groups in total. The summed E-state index contributed by atoms with van der Waals surface area (Å²) >= 11 is 1.96. The average Bonchev–Trinajstić information content (AvgIpc) is 2.78. The van der Waals surface area contributed by atoms with Crippen LogP contribution in [0.1, 0.15) is 6.42 Å². The van der Waals surface area contributed by atoms with Gasteiger partial charge < -0.3 is 15.8 Å². The molecule has 2 rings (SSSR count). The highest BCUT2D eigenvalue weighted by atomic mass is 32.2. The monoisotopic (exact) mass is 238 g/mol. The number of methoxy groups -OCH3 is 1. The molecule has 1 aliphatic heterocycles. The molecular formula is C12H18N2OS. The number of anilines is 1. The fraction of sp³-hybridized carbons (Fsp3) is 0.500. The molecule has 1 aliphatic rings. The van der Waals surface area contributed by atoms with Crippen LogP contribution in [0.15, 0.2) is 24.3 Å². The number of thioether (sulfide) groups is 1. The lowest BCUT2D eigenvalue weighted by Gasteiger charge is -2.29. The SMILES string of the molecule is COc1cccc(NC2(CN)CCSC2)c1. The van der Waals surface area contributed by atoms with Crippen LogP contribution in [0.4, 0.5) is 5.69 Å². The summed E-state index contributed by atoms with van der Waals surface area (Å²) in [5.41, 5.74) is 7.04. The molecule has 0 amide bonds. The van der Waals surface area contributed by atoms with Crippen molar-refractivity contribution in [2.75, 3.05) is 30.5 Å². The average molecular weight is 238 g/mol. The molecule has 16 heavy (non-hydrogen) atoms. The first-order valence-electron chi connectivity index (χ1n) is 5.48. The normalized spacial score (nSPS) is 24.4. The van der Waals surface area contributed by atoms with Crippen LogP contribution < -0.4 is 15.8 Å². The minimum Gasteiger partial charge on any atom is -0.497 e. The van der Waals surface area contributed by atoms with Crippen LogP contribution in [0.5, 0.6) is 5.75 Å². The van der Waals surface area contributed by atoms with Gasteiger partial charge in [-0.3, -0.25) is 0 Å². The highest BCUT2D eigenvalue weighted by molar-refractivity contribution is 7.99. The quantitative estimate of drug-likeness (QED) is 0.841. The molecule has 0 aromatic heterocycles. The van der Waals surface area contributed by atoms with Crippen molar-refractivity contribution in [1.29, 1.82) is 0 Å². The van der Waals surface area contributed by atoms with Crippen LogP contribution in [-0.2, 0) is 0 Å². The summed E-state index contributed by atoms with van der Waals surface area (Å²) in [6.07, 6.45) is 1.13. The standard InChI is InChI=1S/C12H18N2OS/c1-15-11-4-2-3-10(7-11)14-12(8-13)5-6-16-9-12/h2-4,7,14H,5-6,8-9,13H2,1H3. The zero-order valence-corrected chi connectivity index (χ0v) is 10.3. The third-order valence-corrected chi connectivity index (χ3v) is 4.22. The van der Waals surface area contributed by atoms with E-state index in [9.17, 15) is 0 Å². The van der Waals surface area contributed by atoms with E-state index in [4.69, 9.17) is 10.5 Å². The Morgan fingerprint density at radius 1 is 1.56 bits per heavy atom. The Labute approximate surface area is 101 Å². The maximum Gasteiger partial charge on any atom is 0.120 e. The Morgan fingerprint density at radius 3 is 3.06 bits per heavy atom. The molecule has 0 aliphatic carbocycles. The molecule has 1 heterocycles. The summed E-state index contributed by atoms with van der Waals surface area (Å²) in [5.74, 6) is 3.15. The molecule has 4 heteroatoms. The third-order valence-electron chi connectivity index (χ3n) is 2.97. The first-order chi connectivity index (χ1) is 7.78. The van der Waals surface area contributed by atoms with Crippen molar-refractivity contribution < 1.29 is 4.74 Å². The lowest BCUT2D eigenvalue weighted by atomic mass is 9.99. The minimum atomic E-state index is 0.0665. The summed E-state index contributed by atoms with van der Waals surface area (Å²) in [4.78, 5) is 0. The van der Waals surface area contributed by atoms with Gasteiger partial charge in [-0.05, 0) is 24.3 Å². The molecule has 1 unspecified atom stereocenters. The first-order valence-corrected chi connectivity index (χ1v) is 6.63. The van der Waals surface area contributed by atoms with Crippen LogP contribution in [0.25, 0.3) is 0 Å². The molecule has 0 radical (unpaired) electrons. The second-order valence-corrected chi connectivity index (χ2v) is 5.25. The van der Waals surface area contributed by atoms with Gasteiger partial charge in [0.15, 0.2) is 0 Å². The summed E-state index contributed by atoms with van der Waals surface area (Å²) in [6, 6.07) is 8.01. The van der Waals surface area contributed by atoms with Crippen LogP contribution >= 0.6 is 11.8 Å². The van der Waals surface area contributed by atoms with Crippen LogP contribution in [-0.4, -0.2) is 30.7 Å². The van der Waals surface area contributed by atoms with Gasteiger partial charge in [0.2, 0.25) is 0 Å². The molecule has 88 valence electrons. The topological polar surface area (TPSA) is 47.3 Å². The van der Waals surface area contributed by atoms with Crippen molar-refractivity contribution in [1.82, 2.24) is 0 Å². The van der Waals surface area contributed by atoms with Crippen molar-refractivity contribution in [3.63, 3.8) is 0 Å². The van der Waals surface area contributed by atoms with E-state index < -0.39 is 0 Å². The van der Waals surface area contributed by atoms with E-state index in [-0.39, 0.29) is 5.54 Å². The number of benzene rings is 1. The van der Waals surface area contributed by atoms with Gasteiger partial charge in [0, 0.05) is 24.1 Å². The zero-order chi connectivity index (χ0) is 11.4. The lowest BCUT2D eigenvalue weighted by Crippen LogP contribution is -2.45. The van der Waals surface area contributed by atoms with Gasteiger partial charge in [0.25, 0.3) is 0 Å². The Morgan fingerprint density at radius 2 is 2.44 bits per heavy atom. The van der Waals surface area contributed by atoms with Gasteiger partial charge in [-0.2, -0.15) is 11.8 Å². The highest BCUT2D eigenvalue weighted by Gasteiger charge is 2.32. The van der Waals surface area contributed by atoms with Gasteiger partial charge in [0.05, 0.1) is 12.6 Å². The Bertz CT molecular complexity index is 351. The van der Waals surface area contributed by atoms with E-state index >= 15 is 0 Å². The molecule has 0 bridgehead atoms. The van der Waals surface area contributed by atoms with Crippen LogP contribution in [0.2, 0.25) is 0 Å². The zero-order valence-electron chi connectivity index (χ0n) is 9.53. The molecule has 1 aromatic carbocycles. The number of nitrogens with two attached hydrogens (primary N) is 1. The number of nitrogens with one attached hydrogen (secondary N) is 1. The third kappa shape index (κ3) is 2.44. The first kappa shape index (κ1) is 11.6. The maximum absolute atomic E-state index is 5.88. The number of ether oxygens (including phenoxy) is 1. The largest absolute Gasteiger partial charge is 0.497 e. The van der Waals surface area contributed by atoms with Crippen molar-refractivity contribution in [3.05, 3.63) is 24.3 Å². The Balaban J connectivity index is 2.12. The van der Waals surface area contributed by atoms with Gasteiger partial charge in [0.1, 0.15) is 5.75 Å². The molecule has 0 saturated carbocycles. The molecule has 1 aromatic rings. The molecule has 1 saturated heterocycles. The molecule has 1 atom stereocenters. The van der Waals surface area contributed by atoms with E-state index in [0.29, 0.717) is 6.54 Å². The van der Waals surface area contributed by atoms with E-state index in [1.54, 1.807) is 7.11 Å². The fourth-order valence-corrected chi connectivity index (χ4v) is 3.33.